The van der Waals surface area contributed by atoms with Crippen LogP contribution in [0.5, 0.6) is 5.75 Å². The molecule has 128 valence electrons. The minimum atomic E-state index is 0.147. The maximum absolute atomic E-state index is 10.5. The van der Waals surface area contributed by atoms with Gasteiger partial charge in [-0.2, -0.15) is 5.10 Å². The Hall–Kier alpha value is -3.49. The van der Waals surface area contributed by atoms with Gasteiger partial charge in [-0.25, -0.2) is 0 Å². The number of aromatic nitrogens is 2. The second-order valence-corrected chi connectivity index (χ2v) is 5.53. The largest absolute Gasteiger partial charge is 0.506 e. The van der Waals surface area contributed by atoms with Crippen LogP contribution in [0.3, 0.4) is 0 Å². The van der Waals surface area contributed by atoms with Crippen molar-refractivity contribution in [2.75, 3.05) is 6.54 Å². The Morgan fingerprint density at radius 2 is 1.81 bits per heavy atom. The minimum Gasteiger partial charge on any atom is -0.506 e. The first-order valence-corrected chi connectivity index (χ1v) is 8.14. The first-order valence-electron chi connectivity index (χ1n) is 8.14. The summed E-state index contributed by atoms with van der Waals surface area (Å²) in [5.74, 6) is 6.01. The molecule has 0 spiro atoms. The number of rotatable bonds is 5. The zero-order valence-electron chi connectivity index (χ0n) is 14.0. The lowest BCUT2D eigenvalue weighted by Gasteiger charge is -2.06. The smallest absolute Gasteiger partial charge is 0.139 e. The minimum absolute atomic E-state index is 0.147. The number of phenols is 1. The molecule has 1 aromatic heterocycles. The molecule has 0 aliphatic carbocycles. The van der Waals surface area contributed by atoms with Crippen LogP contribution in [0.15, 0.2) is 60.7 Å². The van der Waals surface area contributed by atoms with Gasteiger partial charge in [0.2, 0.25) is 0 Å². The fourth-order valence-corrected chi connectivity index (χ4v) is 2.41. The molecule has 5 nitrogen and oxygen atoms in total. The van der Waals surface area contributed by atoms with Gasteiger partial charge in [0.1, 0.15) is 17.7 Å². The Kier molecular flexibility index (Phi) is 5.71. The molecule has 0 amide bonds. The van der Waals surface area contributed by atoms with Crippen molar-refractivity contribution in [3.05, 3.63) is 77.6 Å². The summed E-state index contributed by atoms with van der Waals surface area (Å²) in [6.45, 7) is 0.750. The number of para-hydroxylation sites is 1. The van der Waals surface area contributed by atoms with Crippen molar-refractivity contribution < 1.29 is 9.90 Å². The van der Waals surface area contributed by atoms with Crippen molar-refractivity contribution in [3.63, 3.8) is 0 Å². The SMILES string of the molecule is O=CCNCc1ccc(C#Cc2cccc(-c3ccccc3)c2O)nn1. The molecule has 26 heavy (non-hydrogen) atoms. The molecular weight excluding hydrogens is 326 g/mol. The molecule has 0 aliphatic heterocycles. The van der Waals surface area contributed by atoms with Gasteiger partial charge in [0.15, 0.2) is 0 Å². The standard InChI is InChI=1S/C21H17N3O2/c25-14-13-22-15-19-12-11-18(23-24-19)10-9-17-7-4-8-20(21(17)26)16-5-2-1-3-6-16/h1-8,11-12,14,22,26H,13,15H2. The Balaban J connectivity index is 1.79. The van der Waals surface area contributed by atoms with Gasteiger partial charge >= 0.3 is 0 Å². The van der Waals surface area contributed by atoms with Crippen LogP contribution < -0.4 is 5.32 Å². The zero-order chi connectivity index (χ0) is 18.2. The summed E-state index contributed by atoms with van der Waals surface area (Å²) < 4.78 is 0. The molecule has 3 rings (SSSR count). The number of carbonyl (C=O) groups is 1. The van der Waals surface area contributed by atoms with Crippen LogP contribution in [0.25, 0.3) is 11.1 Å². The van der Waals surface area contributed by atoms with Crippen LogP contribution in [0.1, 0.15) is 17.0 Å². The lowest BCUT2D eigenvalue weighted by Crippen LogP contribution is -2.16. The lowest BCUT2D eigenvalue weighted by atomic mass is 10.0. The van der Waals surface area contributed by atoms with Gasteiger partial charge in [-0.3, -0.25) is 0 Å². The highest BCUT2D eigenvalue weighted by Crippen LogP contribution is 2.31. The molecule has 5 heteroatoms. The molecule has 0 bridgehead atoms. The summed E-state index contributed by atoms with van der Waals surface area (Å²) >= 11 is 0. The Labute approximate surface area is 151 Å². The van der Waals surface area contributed by atoms with Crippen molar-refractivity contribution in [3.8, 4) is 28.7 Å². The molecule has 0 fully saturated rings. The van der Waals surface area contributed by atoms with E-state index in [4.69, 9.17) is 0 Å². The van der Waals surface area contributed by atoms with Crippen molar-refractivity contribution in [1.82, 2.24) is 15.5 Å². The van der Waals surface area contributed by atoms with Gasteiger partial charge in [-0.05, 0) is 29.7 Å². The number of aldehydes is 1. The van der Waals surface area contributed by atoms with E-state index in [2.05, 4.69) is 27.4 Å². The average Bonchev–Trinajstić information content (AvgIpc) is 2.69. The molecule has 0 atom stereocenters. The van der Waals surface area contributed by atoms with E-state index in [0.717, 1.165) is 23.1 Å². The summed E-state index contributed by atoms with van der Waals surface area (Å²) in [6, 6.07) is 18.7. The second kappa shape index (κ2) is 8.56. The third kappa shape index (κ3) is 4.32. The van der Waals surface area contributed by atoms with Crippen LogP contribution >= 0.6 is 0 Å². The molecule has 2 N–H and O–H groups in total. The summed E-state index contributed by atoms with van der Waals surface area (Å²) in [7, 11) is 0. The third-order valence-corrected chi connectivity index (χ3v) is 3.70. The molecular formula is C21H17N3O2. The normalized spacial score (nSPS) is 10.0. The molecule has 0 aliphatic rings. The number of carbonyl (C=O) groups excluding carboxylic acids is 1. The third-order valence-electron chi connectivity index (χ3n) is 3.70. The molecule has 0 unspecified atom stereocenters. The topological polar surface area (TPSA) is 75.1 Å². The summed E-state index contributed by atoms with van der Waals surface area (Å²) in [5, 5.41) is 21.5. The van der Waals surface area contributed by atoms with Crippen LogP contribution in [0.2, 0.25) is 0 Å². The number of nitrogens with zero attached hydrogens (tertiary/aromatic N) is 2. The number of aromatic hydroxyl groups is 1. The van der Waals surface area contributed by atoms with E-state index < -0.39 is 0 Å². The molecule has 0 radical (unpaired) electrons. The highest BCUT2D eigenvalue weighted by atomic mass is 16.3. The van der Waals surface area contributed by atoms with Gasteiger partial charge in [0.05, 0.1) is 17.8 Å². The number of nitrogens with one attached hydrogen (secondary N) is 1. The van der Waals surface area contributed by atoms with Crippen LogP contribution in [-0.2, 0) is 11.3 Å². The van der Waals surface area contributed by atoms with Crippen LogP contribution in [-0.4, -0.2) is 28.1 Å². The van der Waals surface area contributed by atoms with E-state index in [1.165, 1.54) is 0 Å². The second-order valence-electron chi connectivity index (χ2n) is 5.53. The molecule has 0 saturated carbocycles. The number of hydrogen-bond donors (Lipinski definition) is 2. The van der Waals surface area contributed by atoms with Gasteiger partial charge in [-0.1, -0.05) is 48.4 Å². The van der Waals surface area contributed by atoms with Crippen molar-refractivity contribution in [1.29, 1.82) is 0 Å². The molecule has 0 saturated heterocycles. The first kappa shape index (κ1) is 17.3. The Morgan fingerprint density at radius 1 is 0.962 bits per heavy atom. The van der Waals surface area contributed by atoms with Gasteiger partial charge < -0.3 is 15.2 Å². The van der Waals surface area contributed by atoms with Crippen LogP contribution in [0, 0.1) is 11.8 Å². The van der Waals surface area contributed by atoms with Crippen molar-refractivity contribution in [2.24, 2.45) is 0 Å². The zero-order valence-corrected chi connectivity index (χ0v) is 14.0. The predicted molar refractivity (Wildman–Crippen MR) is 99.3 cm³/mol. The van der Waals surface area contributed by atoms with E-state index >= 15 is 0 Å². The Bertz CT molecular complexity index is 942. The fraction of sp³-hybridized carbons (Fsp3) is 0.0952. The summed E-state index contributed by atoms with van der Waals surface area (Å²) in [5.41, 5.74) is 3.44. The molecule has 3 aromatic rings. The van der Waals surface area contributed by atoms with E-state index in [0.29, 0.717) is 17.8 Å². The summed E-state index contributed by atoms with van der Waals surface area (Å²) in [6.07, 6.45) is 0.795. The molecule has 1 heterocycles. The highest BCUT2D eigenvalue weighted by Gasteiger charge is 2.07. The molecule has 2 aromatic carbocycles. The maximum Gasteiger partial charge on any atom is 0.139 e. The highest BCUT2D eigenvalue weighted by molar-refractivity contribution is 5.73. The van der Waals surface area contributed by atoms with E-state index in [9.17, 15) is 9.90 Å². The van der Waals surface area contributed by atoms with E-state index in [1.807, 2.05) is 42.5 Å². The number of phenolic OH excluding ortho intramolecular Hbond substituents is 1. The number of hydrogen-bond acceptors (Lipinski definition) is 5. The quantitative estimate of drug-likeness (QED) is 0.423. The maximum atomic E-state index is 10.5. The van der Waals surface area contributed by atoms with E-state index in [1.54, 1.807) is 18.2 Å². The van der Waals surface area contributed by atoms with Crippen LogP contribution in [0.4, 0.5) is 0 Å². The van der Waals surface area contributed by atoms with Gasteiger partial charge in [0.25, 0.3) is 0 Å². The van der Waals surface area contributed by atoms with E-state index in [-0.39, 0.29) is 12.3 Å². The Morgan fingerprint density at radius 3 is 2.54 bits per heavy atom. The fourth-order valence-electron chi connectivity index (χ4n) is 2.41. The lowest BCUT2D eigenvalue weighted by molar-refractivity contribution is -0.107. The average molecular weight is 343 g/mol. The van der Waals surface area contributed by atoms with Gasteiger partial charge in [0, 0.05) is 12.1 Å². The van der Waals surface area contributed by atoms with Crippen molar-refractivity contribution in [2.45, 2.75) is 6.54 Å². The monoisotopic (exact) mass is 343 g/mol. The number of benzene rings is 2. The van der Waals surface area contributed by atoms with Crippen molar-refractivity contribution >= 4 is 6.29 Å². The predicted octanol–water partition coefficient (Wildman–Crippen LogP) is 2.54. The first-order chi connectivity index (χ1) is 12.8. The summed E-state index contributed by atoms with van der Waals surface area (Å²) in [4.78, 5) is 10.3. The van der Waals surface area contributed by atoms with Gasteiger partial charge in [-0.15, -0.1) is 5.10 Å².